The Morgan fingerprint density at radius 3 is 2.82 bits per heavy atom. The zero-order chi connectivity index (χ0) is 15.4. The molecule has 1 aromatic rings. The van der Waals surface area contributed by atoms with Crippen LogP contribution in [0.4, 0.5) is 5.00 Å². The number of aryl methyl sites for hydroxylation is 1. The Hall–Kier alpha value is -1.42. The molecule has 0 bridgehead atoms. The molecule has 1 saturated heterocycles. The summed E-state index contributed by atoms with van der Waals surface area (Å²) in [4.78, 5) is 15.6. The van der Waals surface area contributed by atoms with Crippen LogP contribution >= 0.6 is 11.3 Å². The molecular weight excluding hydrogens is 298 g/mol. The lowest BCUT2D eigenvalue weighted by Gasteiger charge is -2.25. The largest absolute Gasteiger partial charge is 0.379 e. The maximum atomic E-state index is 12.2. The van der Waals surface area contributed by atoms with Crippen molar-refractivity contribution in [3.05, 3.63) is 16.0 Å². The van der Waals surface area contributed by atoms with Crippen LogP contribution in [-0.4, -0.2) is 43.7 Å². The van der Waals surface area contributed by atoms with E-state index in [9.17, 15) is 10.1 Å². The maximum absolute atomic E-state index is 12.2. The van der Waals surface area contributed by atoms with E-state index in [0.29, 0.717) is 25.3 Å². The highest BCUT2D eigenvalue weighted by molar-refractivity contribution is 7.16. The minimum absolute atomic E-state index is 0.0326. The summed E-state index contributed by atoms with van der Waals surface area (Å²) in [6, 6.07) is 2.30. The molecular formula is C16H21N3O2S. The lowest BCUT2D eigenvalue weighted by molar-refractivity contribution is -0.118. The number of rotatable bonds is 3. The Morgan fingerprint density at radius 2 is 2.05 bits per heavy atom. The molecule has 118 valence electrons. The Bertz CT molecular complexity index is 585. The average molecular weight is 319 g/mol. The molecule has 2 aliphatic rings. The lowest BCUT2D eigenvalue weighted by atomic mass is 10.1. The molecule has 1 aliphatic heterocycles. The maximum Gasteiger partial charge on any atom is 0.239 e. The zero-order valence-electron chi connectivity index (χ0n) is 12.7. The van der Waals surface area contributed by atoms with Gasteiger partial charge in [0.15, 0.2) is 0 Å². The Labute approximate surface area is 134 Å². The first kappa shape index (κ1) is 15.5. The van der Waals surface area contributed by atoms with Crippen LogP contribution in [0.3, 0.4) is 0 Å². The summed E-state index contributed by atoms with van der Waals surface area (Å²) < 4.78 is 5.29. The van der Waals surface area contributed by atoms with E-state index in [1.165, 1.54) is 23.3 Å². The molecule has 6 heteroatoms. The van der Waals surface area contributed by atoms with E-state index in [1.807, 2.05) is 0 Å². The van der Waals surface area contributed by atoms with Gasteiger partial charge in [0.1, 0.15) is 11.1 Å². The molecule has 0 spiro atoms. The predicted octanol–water partition coefficient (Wildman–Crippen LogP) is 2.16. The van der Waals surface area contributed by atoms with Gasteiger partial charge in [0.05, 0.1) is 25.3 Å². The van der Waals surface area contributed by atoms with Crippen LogP contribution in [0.25, 0.3) is 0 Å². The minimum Gasteiger partial charge on any atom is -0.379 e. The van der Waals surface area contributed by atoms with Gasteiger partial charge in [-0.15, -0.1) is 11.3 Å². The van der Waals surface area contributed by atoms with Gasteiger partial charge in [-0.25, -0.2) is 0 Å². The third-order valence-corrected chi connectivity index (χ3v) is 5.46. The summed E-state index contributed by atoms with van der Waals surface area (Å²) in [5, 5.41) is 13.2. The van der Waals surface area contributed by atoms with Crippen LogP contribution < -0.4 is 5.32 Å². The number of carbonyl (C=O) groups is 1. The fraction of sp³-hybridized carbons (Fsp3) is 0.625. The fourth-order valence-corrected chi connectivity index (χ4v) is 4.33. The van der Waals surface area contributed by atoms with E-state index in [2.05, 4.69) is 16.3 Å². The van der Waals surface area contributed by atoms with Crippen molar-refractivity contribution in [2.24, 2.45) is 0 Å². The van der Waals surface area contributed by atoms with E-state index < -0.39 is 0 Å². The number of carbonyl (C=O) groups excluding carboxylic acids is 1. The normalized spacial score (nSPS) is 19.0. The van der Waals surface area contributed by atoms with Crippen LogP contribution in [0.2, 0.25) is 0 Å². The van der Waals surface area contributed by atoms with Crippen molar-refractivity contribution >= 4 is 22.2 Å². The fourth-order valence-electron chi connectivity index (χ4n) is 3.08. The Kier molecular flexibility index (Phi) is 5.08. The van der Waals surface area contributed by atoms with Crippen LogP contribution in [0.5, 0.6) is 0 Å². The first-order valence-electron chi connectivity index (χ1n) is 7.92. The first-order chi connectivity index (χ1) is 10.8. The third kappa shape index (κ3) is 3.49. The van der Waals surface area contributed by atoms with E-state index >= 15 is 0 Å². The van der Waals surface area contributed by atoms with Gasteiger partial charge in [0.25, 0.3) is 0 Å². The van der Waals surface area contributed by atoms with Gasteiger partial charge in [0.2, 0.25) is 5.91 Å². The summed E-state index contributed by atoms with van der Waals surface area (Å²) in [5.74, 6) is -0.0326. The van der Waals surface area contributed by atoms with Crippen molar-refractivity contribution in [1.29, 1.82) is 5.26 Å². The quantitative estimate of drug-likeness (QED) is 0.867. The Morgan fingerprint density at radius 1 is 1.27 bits per heavy atom. The second-order valence-corrected chi connectivity index (χ2v) is 6.92. The van der Waals surface area contributed by atoms with Gasteiger partial charge < -0.3 is 10.1 Å². The molecule has 0 unspecified atom stereocenters. The highest BCUT2D eigenvalue weighted by Gasteiger charge is 2.22. The lowest BCUT2D eigenvalue weighted by Crippen LogP contribution is -2.41. The van der Waals surface area contributed by atoms with E-state index in [1.54, 1.807) is 11.3 Å². The topological polar surface area (TPSA) is 65.4 Å². The molecule has 2 heterocycles. The third-order valence-electron chi connectivity index (χ3n) is 4.26. The second-order valence-electron chi connectivity index (χ2n) is 5.82. The number of nitrogens with zero attached hydrogens (tertiary/aromatic N) is 2. The van der Waals surface area contributed by atoms with Crippen molar-refractivity contribution in [1.82, 2.24) is 4.90 Å². The number of hydrogen-bond acceptors (Lipinski definition) is 5. The predicted molar refractivity (Wildman–Crippen MR) is 86.2 cm³/mol. The van der Waals surface area contributed by atoms with Crippen molar-refractivity contribution < 1.29 is 9.53 Å². The van der Waals surface area contributed by atoms with Gasteiger partial charge in [-0.1, -0.05) is 6.42 Å². The number of hydrogen-bond donors (Lipinski definition) is 1. The SMILES string of the molecule is N#Cc1c(NC(=O)CN2CCOCC2)sc2c1CCCCC2. The number of ether oxygens (including phenoxy) is 1. The molecule has 5 nitrogen and oxygen atoms in total. The molecule has 1 N–H and O–H groups in total. The van der Waals surface area contributed by atoms with Crippen LogP contribution in [-0.2, 0) is 22.4 Å². The highest BCUT2D eigenvalue weighted by atomic mass is 32.1. The summed E-state index contributed by atoms with van der Waals surface area (Å²) in [6.07, 6.45) is 5.55. The van der Waals surface area contributed by atoms with Crippen LogP contribution in [0.15, 0.2) is 0 Å². The number of anilines is 1. The van der Waals surface area contributed by atoms with Gasteiger partial charge in [-0.2, -0.15) is 5.26 Å². The van der Waals surface area contributed by atoms with E-state index in [-0.39, 0.29) is 5.91 Å². The minimum atomic E-state index is -0.0326. The smallest absolute Gasteiger partial charge is 0.239 e. The molecule has 0 radical (unpaired) electrons. The van der Waals surface area contributed by atoms with Crippen LogP contribution in [0.1, 0.15) is 35.3 Å². The van der Waals surface area contributed by atoms with Gasteiger partial charge >= 0.3 is 0 Å². The number of nitrogens with one attached hydrogen (secondary N) is 1. The molecule has 1 aromatic heterocycles. The molecule has 0 saturated carbocycles. The van der Waals surface area contributed by atoms with Crippen molar-refractivity contribution in [2.75, 3.05) is 38.2 Å². The van der Waals surface area contributed by atoms with E-state index in [4.69, 9.17) is 4.74 Å². The molecule has 1 aliphatic carbocycles. The van der Waals surface area contributed by atoms with Crippen molar-refractivity contribution in [3.8, 4) is 6.07 Å². The standard InChI is InChI=1S/C16H21N3O2S/c17-10-13-12-4-2-1-3-5-14(12)22-16(13)18-15(20)11-19-6-8-21-9-7-19/h1-9,11H2,(H,18,20). The highest BCUT2D eigenvalue weighted by Crippen LogP contribution is 2.36. The molecule has 1 fully saturated rings. The van der Waals surface area contributed by atoms with Gasteiger partial charge in [-0.3, -0.25) is 9.69 Å². The summed E-state index contributed by atoms with van der Waals surface area (Å²) in [7, 11) is 0. The molecule has 1 amide bonds. The summed E-state index contributed by atoms with van der Waals surface area (Å²) >= 11 is 1.59. The van der Waals surface area contributed by atoms with Crippen molar-refractivity contribution in [3.63, 3.8) is 0 Å². The average Bonchev–Trinajstić information content (AvgIpc) is 2.69. The first-order valence-corrected chi connectivity index (χ1v) is 8.74. The molecule has 3 rings (SSSR count). The van der Waals surface area contributed by atoms with Gasteiger partial charge in [0, 0.05) is 18.0 Å². The Balaban J connectivity index is 1.69. The summed E-state index contributed by atoms with van der Waals surface area (Å²) in [6.45, 7) is 3.32. The number of thiophene rings is 1. The number of morpholine rings is 1. The van der Waals surface area contributed by atoms with Gasteiger partial charge in [-0.05, 0) is 31.2 Å². The van der Waals surface area contributed by atoms with E-state index in [0.717, 1.165) is 37.4 Å². The van der Waals surface area contributed by atoms with Crippen LogP contribution in [0, 0.1) is 11.3 Å². The molecule has 22 heavy (non-hydrogen) atoms. The zero-order valence-corrected chi connectivity index (χ0v) is 13.5. The van der Waals surface area contributed by atoms with Crippen molar-refractivity contribution in [2.45, 2.75) is 32.1 Å². The molecule has 0 aromatic carbocycles. The number of fused-ring (bicyclic) bond motifs is 1. The monoisotopic (exact) mass is 319 g/mol. The second kappa shape index (κ2) is 7.23. The number of nitriles is 1. The number of amides is 1. The summed E-state index contributed by atoms with van der Waals surface area (Å²) in [5.41, 5.74) is 1.86. The molecule has 0 atom stereocenters.